The molecule has 12 heavy (non-hydrogen) atoms. The highest BCUT2D eigenvalue weighted by Crippen LogP contribution is 2.05. The largest absolute Gasteiger partial charge is 0.268 e. The molecule has 2 heterocycles. The fourth-order valence-electron chi connectivity index (χ4n) is 1.42. The molecule has 2 aromatic heterocycles. The van der Waals surface area contributed by atoms with Crippen molar-refractivity contribution < 1.29 is 0 Å². The third-order valence-electron chi connectivity index (χ3n) is 2.02. The van der Waals surface area contributed by atoms with Gasteiger partial charge in [-0.25, -0.2) is 0 Å². The maximum atomic E-state index is 11.3. The maximum Gasteiger partial charge on any atom is 0.268 e. The first-order valence-electron chi connectivity index (χ1n) is 4.01. The Morgan fingerprint density at radius 3 is 3.08 bits per heavy atom. The van der Waals surface area contributed by atoms with Gasteiger partial charge in [-0.15, -0.1) is 0 Å². The van der Waals surface area contributed by atoms with E-state index in [1.807, 2.05) is 31.3 Å². The van der Waals surface area contributed by atoms with Crippen LogP contribution in [-0.4, -0.2) is 9.61 Å². The number of hydrogen-bond donors (Lipinski definition) is 1. The third kappa shape index (κ3) is 0.863. The van der Waals surface area contributed by atoms with E-state index >= 15 is 0 Å². The molecule has 62 valence electrons. The number of nitrogens with one attached hydrogen (secondary N) is 1. The summed E-state index contributed by atoms with van der Waals surface area (Å²) < 4.78 is 1.75. The van der Waals surface area contributed by atoms with Gasteiger partial charge in [-0.3, -0.25) is 14.4 Å². The van der Waals surface area contributed by atoms with E-state index in [1.165, 1.54) is 0 Å². The summed E-state index contributed by atoms with van der Waals surface area (Å²) in [5.74, 6) is 0. The lowest BCUT2D eigenvalue weighted by Gasteiger charge is -1.92. The number of aryl methyl sites for hydroxylation is 1. The van der Waals surface area contributed by atoms with Crippen LogP contribution >= 0.6 is 0 Å². The molecule has 0 aromatic carbocycles. The zero-order valence-electron chi connectivity index (χ0n) is 6.87. The molecule has 3 heteroatoms. The summed E-state index contributed by atoms with van der Waals surface area (Å²) in [4.78, 5) is 11.3. The van der Waals surface area contributed by atoms with Crippen LogP contribution in [0.25, 0.3) is 5.52 Å². The molecule has 2 rings (SSSR count). The quantitative estimate of drug-likeness (QED) is 0.672. The summed E-state index contributed by atoms with van der Waals surface area (Å²) in [5, 5.41) is 2.74. The molecule has 0 aliphatic rings. The summed E-state index contributed by atoms with van der Waals surface area (Å²) in [6.07, 6.45) is 2.62. The average molecular weight is 162 g/mol. The smallest absolute Gasteiger partial charge is 0.268 e. The van der Waals surface area contributed by atoms with Crippen LogP contribution < -0.4 is 5.56 Å². The van der Waals surface area contributed by atoms with Gasteiger partial charge in [0.1, 0.15) is 0 Å². The normalized spacial score (nSPS) is 10.8. The summed E-state index contributed by atoms with van der Waals surface area (Å²) in [6.45, 7) is 1.98. The SMILES string of the molecule is CCc1c(=O)[nH]n2ccccc12. The molecule has 0 fully saturated rings. The molecular formula is C9H10N2O. The fourth-order valence-corrected chi connectivity index (χ4v) is 1.42. The Kier molecular flexibility index (Phi) is 1.50. The van der Waals surface area contributed by atoms with Gasteiger partial charge in [-0.05, 0) is 18.6 Å². The van der Waals surface area contributed by atoms with Crippen molar-refractivity contribution in [3.05, 3.63) is 40.3 Å². The molecule has 0 atom stereocenters. The first-order valence-corrected chi connectivity index (χ1v) is 4.01. The Morgan fingerprint density at radius 2 is 2.33 bits per heavy atom. The fraction of sp³-hybridized carbons (Fsp3) is 0.222. The minimum Gasteiger partial charge on any atom is -0.268 e. The Labute approximate surface area is 69.6 Å². The van der Waals surface area contributed by atoms with E-state index in [2.05, 4.69) is 5.10 Å². The average Bonchev–Trinajstić information content (AvgIpc) is 2.40. The van der Waals surface area contributed by atoms with E-state index < -0.39 is 0 Å². The maximum absolute atomic E-state index is 11.3. The number of aromatic nitrogens is 2. The molecule has 0 saturated carbocycles. The highest BCUT2D eigenvalue weighted by Gasteiger charge is 2.03. The van der Waals surface area contributed by atoms with Gasteiger partial charge >= 0.3 is 0 Å². The zero-order chi connectivity index (χ0) is 8.55. The van der Waals surface area contributed by atoms with Crippen LogP contribution in [-0.2, 0) is 6.42 Å². The number of H-pyrrole nitrogens is 1. The van der Waals surface area contributed by atoms with Crippen molar-refractivity contribution in [3.63, 3.8) is 0 Å². The first-order chi connectivity index (χ1) is 5.83. The summed E-state index contributed by atoms with van der Waals surface area (Å²) in [5.41, 5.74) is 1.85. The molecule has 0 radical (unpaired) electrons. The van der Waals surface area contributed by atoms with Gasteiger partial charge in [-0.2, -0.15) is 0 Å². The minimum atomic E-state index is 0.0173. The van der Waals surface area contributed by atoms with Gasteiger partial charge in [0, 0.05) is 11.8 Å². The number of fused-ring (bicyclic) bond motifs is 1. The zero-order valence-corrected chi connectivity index (χ0v) is 6.87. The van der Waals surface area contributed by atoms with E-state index in [0.29, 0.717) is 0 Å². The highest BCUT2D eigenvalue weighted by atomic mass is 16.1. The summed E-state index contributed by atoms with van der Waals surface area (Å²) in [7, 11) is 0. The van der Waals surface area contributed by atoms with Crippen molar-refractivity contribution in [2.24, 2.45) is 0 Å². The van der Waals surface area contributed by atoms with Crippen LogP contribution in [0.4, 0.5) is 0 Å². The molecule has 0 saturated heterocycles. The topological polar surface area (TPSA) is 37.3 Å². The molecule has 3 nitrogen and oxygen atoms in total. The lowest BCUT2D eigenvalue weighted by atomic mass is 10.2. The number of hydrogen-bond acceptors (Lipinski definition) is 1. The molecule has 0 bridgehead atoms. The van der Waals surface area contributed by atoms with Gasteiger partial charge in [0.15, 0.2) is 0 Å². The number of pyridine rings is 1. The Bertz CT molecular complexity index is 453. The summed E-state index contributed by atoms with van der Waals surface area (Å²) >= 11 is 0. The molecule has 1 N–H and O–H groups in total. The minimum absolute atomic E-state index is 0.0173. The highest BCUT2D eigenvalue weighted by molar-refractivity contribution is 5.53. The van der Waals surface area contributed by atoms with Crippen molar-refractivity contribution >= 4 is 5.52 Å². The van der Waals surface area contributed by atoms with Gasteiger partial charge in [0.25, 0.3) is 5.56 Å². The Morgan fingerprint density at radius 1 is 1.50 bits per heavy atom. The second-order valence-corrected chi connectivity index (χ2v) is 2.73. The second kappa shape index (κ2) is 2.52. The lowest BCUT2D eigenvalue weighted by molar-refractivity contribution is 0.936. The monoisotopic (exact) mass is 162 g/mol. The third-order valence-corrected chi connectivity index (χ3v) is 2.02. The molecule has 2 aromatic rings. The number of nitrogens with zero attached hydrogens (tertiary/aromatic N) is 1. The Hall–Kier alpha value is -1.51. The molecule has 0 aliphatic heterocycles. The first kappa shape index (κ1) is 7.16. The van der Waals surface area contributed by atoms with E-state index in [0.717, 1.165) is 17.5 Å². The van der Waals surface area contributed by atoms with Gasteiger partial charge in [-0.1, -0.05) is 13.0 Å². The predicted molar refractivity (Wildman–Crippen MR) is 47.4 cm³/mol. The molecule has 0 unspecified atom stereocenters. The van der Waals surface area contributed by atoms with Crippen molar-refractivity contribution in [2.75, 3.05) is 0 Å². The number of rotatable bonds is 1. The Balaban J connectivity index is 2.91. The molecular weight excluding hydrogens is 152 g/mol. The van der Waals surface area contributed by atoms with Crippen LogP contribution in [0.1, 0.15) is 12.5 Å². The molecule has 0 spiro atoms. The van der Waals surface area contributed by atoms with Crippen molar-refractivity contribution in [1.29, 1.82) is 0 Å². The van der Waals surface area contributed by atoms with Gasteiger partial charge in [0.05, 0.1) is 5.52 Å². The van der Waals surface area contributed by atoms with E-state index in [1.54, 1.807) is 4.52 Å². The van der Waals surface area contributed by atoms with E-state index in [9.17, 15) is 4.79 Å². The van der Waals surface area contributed by atoms with Crippen molar-refractivity contribution in [1.82, 2.24) is 9.61 Å². The van der Waals surface area contributed by atoms with Crippen molar-refractivity contribution in [2.45, 2.75) is 13.3 Å². The van der Waals surface area contributed by atoms with Crippen LogP contribution in [0.3, 0.4) is 0 Å². The second-order valence-electron chi connectivity index (χ2n) is 2.73. The van der Waals surface area contributed by atoms with Crippen LogP contribution in [0.15, 0.2) is 29.2 Å². The summed E-state index contributed by atoms with van der Waals surface area (Å²) in [6, 6.07) is 5.76. The van der Waals surface area contributed by atoms with Crippen molar-refractivity contribution in [3.8, 4) is 0 Å². The molecule has 0 aliphatic carbocycles. The van der Waals surface area contributed by atoms with Gasteiger partial charge in [0.2, 0.25) is 0 Å². The lowest BCUT2D eigenvalue weighted by Crippen LogP contribution is -2.04. The van der Waals surface area contributed by atoms with Crippen LogP contribution in [0.5, 0.6) is 0 Å². The van der Waals surface area contributed by atoms with Crippen LogP contribution in [0, 0.1) is 0 Å². The predicted octanol–water partition coefficient (Wildman–Crippen LogP) is 1.19. The van der Waals surface area contributed by atoms with E-state index in [4.69, 9.17) is 0 Å². The van der Waals surface area contributed by atoms with Crippen LogP contribution in [0.2, 0.25) is 0 Å². The number of aromatic amines is 1. The van der Waals surface area contributed by atoms with Gasteiger partial charge < -0.3 is 0 Å². The van der Waals surface area contributed by atoms with E-state index in [-0.39, 0.29) is 5.56 Å². The molecule has 0 amide bonds. The standard InChI is InChI=1S/C9H10N2O/c1-2-7-8-5-3-4-6-11(8)10-9(7)12/h3-6H,2H2,1H3,(H,10,12).